The number of nitrogens with one attached hydrogen (secondary N) is 2. The number of carbonyl (C=O) groups excluding carboxylic acids is 1. The van der Waals surface area contributed by atoms with Gasteiger partial charge in [-0.15, -0.1) is 0 Å². The molecule has 0 saturated carbocycles. The number of pyridine rings is 1. The third-order valence-corrected chi connectivity index (χ3v) is 4.09. The van der Waals surface area contributed by atoms with Gasteiger partial charge >= 0.3 is 6.03 Å². The molecule has 126 valence electrons. The Balaban J connectivity index is 1.36. The molecule has 1 aliphatic rings. The molecule has 0 aliphatic carbocycles. The summed E-state index contributed by atoms with van der Waals surface area (Å²) in [7, 11) is 0. The molecule has 1 saturated heterocycles. The van der Waals surface area contributed by atoms with Crippen LogP contribution in [-0.2, 0) is 6.42 Å². The molecule has 0 bridgehead atoms. The molecule has 0 spiro atoms. The normalized spacial score (nSPS) is 15.1. The summed E-state index contributed by atoms with van der Waals surface area (Å²) in [4.78, 5) is 26.7. The Bertz CT molecular complexity index is 628. The molecule has 0 unspecified atom stereocenters. The highest BCUT2D eigenvalue weighted by molar-refractivity contribution is 5.74. The highest BCUT2D eigenvalue weighted by atomic mass is 16.2. The fourth-order valence-electron chi connectivity index (χ4n) is 2.78. The van der Waals surface area contributed by atoms with E-state index < -0.39 is 0 Å². The van der Waals surface area contributed by atoms with E-state index in [2.05, 4.69) is 30.5 Å². The van der Waals surface area contributed by atoms with Gasteiger partial charge < -0.3 is 15.5 Å². The molecule has 0 aromatic carbocycles. The van der Waals surface area contributed by atoms with Gasteiger partial charge in [0.1, 0.15) is 0 Å². The molecule has 1 aliphatic heterocycles. The summed E-state index contributed by atoms with van der Waals surface area (Å²) in [5.41, 5.74) is 1.12. The fourth-order valence-corrected chi connectivity index (χ4v) is 2.78. The van der Waals surface area contributed by atoms with Crippen molar-refractivity contribution in [2.24, 2.45) is 0 Å². The second kappa shape index (κ2) is 8.24. The number of hydrogen-bond acceptors (Lipinski definition) is 5. The monoisotopic (exact) mass is 326 g/mol. The number of anilines is 1. The molecule has 7 nitrogen and oxygen atoms in total. The molecule has 7 heteroatoms. The van der Waals surface area contributed by atoms with E-state index in [0.29, 0.717) is 6.54 Å². The zero-order valence-corrected chi connectivity index (χ0v) is 13.6. The highest BCUT2D eigenvalue weighted by Crippen LogP contribution is 2.15. The summed E-state index contributed by atoms with van der Waals surface area (Å²) in [6.07, 6.45) is 9.65. The molecule has 3 heterocycles. The van der Waals surface area contributed by atoms with E-state index in [0.717, 1.165) is 43.9 Å². The lowest BCUT2D eigenvalue weighted by atomic mass is 10.1. The van der Waals surface area contributed by atoms with Gasteiger partial charge in [0.25, 0.3) is 0 Å². The van der Waals surface area contributed by atoms with E-state index in [1.165, 1.54) is 0 Å². The minimum Gasteiger partial charge on any atom is -0.341 e. The Morgan fingerprint density at radius 1 is 1.17 bits per heavy atom. The molecule has 2 N–H and O–H groups in total. The van der Waals surface area contributed by atoms with E-state index in [4.69, 9.17) is 0 Å². The molecule has 1 fully saturated rings. The largest absolute Gasteiger partial charge is 0.341 e. The van der Waals surface area contributed by atoms with E-state index in [1.807, 2.05) is 24.4 Å². The van der Waals surface area contributed by atoms with Gasteiger partial charge in [0, 0.05) is 50.5 Å². The van der Waals surface area contributed by atoms with Crippen LogP contribution in [0.3, 0.4) is 0 Å². The van der Waals surface area contributed by atoms with Crippen molar-refractivity contribution in [3.8, 4) is 0 Å². The van der Waals surface area contributed by atoms with Crippen LogP contribution in [0.15, 0.2) is 43.0 Å². The summed E-state index contributed by atoms with van der Waals surface area (Å²) in [6, 6.07) is 5.82. The smallest absolute Gasteiger partial charge is 0.315 e. The molecule has 3 rings (SSSR count). The molecule has 2 aromatic rings. The Kier molecular flexibility index (Phi) is 5.55. The number of amides is 2. The SMILES string of the molecule is O=C(NCCc1cccnc1)NC1CCN(c2ncccn2)CC1. The molecular weight excluding hydrogens is 304 g/mol. The third-order valence-electron chi connectivity index (χ3n) is 4.09. The summed E-state index contributed by atoms with van der Waals surface area (Å²) >= 11 is 0. The Hall–Kier alpha value is -2.70. The van der Waals surface area contributed by atoms with Gasteiger partial charge in [-0.05, 0) is 37.0 Å². The van der Waals surface area contributed by atoms with Gasteiger partial charge in [-0.25, -0.2) is 14.8 Å². The Labute approximate surface area is 141 Å². The number of nitrogens with zero attached hydrogens (tertiary/aromatic N) is 4. The minimum absolute atomic E-state index is 0.103. The summed E-state index contributed by atoms with van der Waals surface area (Å²) < 4.78 is 0. The van der Waals surface area contributed by atoms with Crippen LogP contribution < -0.4 is 15.5 Å². The zero-order valence-electron chi connectivity index (χ0n) is 13.6. The van der Waals surface area contributed by atoms with E-state index in [-0.39, 0.29) is 12.1 Å². The summed E-state index contributed by atoms with van der Waals surface area (Å²) in [5.74, 6) is 0.761. The molecule has 0 radical (unpaired) electrons. The number of urea groups is 1. The van der Waals surface area contributed by atoms with Crippen molar-refractivity contribution in [3.63, 3.8) is 0 Å². The number of aromatic nitrogens is 3. The lowest BCUT2D eigenvalue weighted by molar-refractivity contribution is 0.234. The third kappa shape index (κ3) is 4.65. The summed E-state index contributed by atoms with van der Waals surface area (Å²) in [6.45, 7) is 2.31. The van der Waals surface area contributed by atoms with Crippen molar-refractivity contribution in [1.82, 2.24) is 25.6 Å². The van der Waals surface area contributed by atoms with Crippen LogP contribution >= 0.6 is 0 Å². The zero-order chi connectivity index (χ0) is 16.6. The van der Waals surface area contributed by atoms with Crippen LogP contribution in [0, 0.1) is 0 Å². The first-order valence-corrected chi connectivity index (χ1v) is 8.26. The fraction of sp³-hybridized carbons (Fsp3) is 0.412. The van der Waals surface area contributed by atoms with Crippen LogP contribution in [-0.4, -0.2) is 46.7 Å². The van der Waals surface area contributed by atoms with Gasteiger partial charge in [0.05, 0.1) is 0 Å². The molecule has 0 atom stereocenters. The first kappa shape index (κ1) is 16.2. The van der Waals surface area contributed by atoms with Gasteiger partial charge in [-0.2, -0.15) is 0 Å². The van der Waals surface area contributed by atoms with Crippen molar-refractivity contribution in [2.45, 2.75) is 25.3 Å². The number of piperidine rings is 1. The maximum Gasteiger partial charge on any atom is 0.315 e. The number of rotatable bonds is 5. The lowest BCUT2D eigenvalue weighted by Crippen LogP contribution is -2.48. The molecule has 2 aromatic heterocycles. The highest BCUT2D eigenvalue weighted by Gasteiger charge is 2.21. The van der Waals surface area contributed by atoms with Crippen LogP contribution in [0.2, 0.25) is 0 Å². The van der Waals surface area contributed by atoms with Crippen molar-refractivity contribution >= 4 is 12.0 Å². The summed E-state index contributed by atoms with van der Waals surface area (Å²) in [5, 5.41) is 5.95. The van der Waals surface area contributed by atoms with Crippen LogP contribution in [0.25, 0.3) is 0 Å². The van der Waals surface area contributed by atoms with Crippen molar-refractivity contribution in [1.29, 1.82) is 0 Å². The first-order valence-electron chi connectivity index (χ1n) is 8.26. The average Bonchev–Trinajstić information content (AvgIpc) is 2.64. The van der Waals surface area contributed by atoms with E-state index in [1.54, 1.807) is 18.6 Å². The lowest BCUT2D eigenvalue weighted by Gasteiger charge is -2.32. The predicted octanol–water partition coefficient (Wildman–Crippen LogP) is 1.38. The van der Waals surface area contributed by atoms with Gasteiger partial charge in [0.15, 0.2) is 0 Å². The molecule has 24 heavy (non-hydrogen) atoms. The minimum atomic E-state index is -0.103. The Morgan fingerprint density at radius 3 is 2.67 bits per heavy atom. The quantitative estimate of drug-likeness (QED) is 0.867. The Morgan fingerprint density at radius 2 is 1.96 bits per heavy atom. The molecular formula is C17H22N6O. The average molecular weight is 326 g/mol. The van der Waals surface area contributed by atoms with Crippen LogP contribution in [0.4, 0.5) is 10.7 Å². The molecule has 2 amide bonds. The van der Waals surface area contributed by atoms with Gasteiger partial charge in [-0.1, -0.05) is 6.07 Å². The van der Waals surface area contributed by atoms with Crippen LogP contribution in [0.5, 0.6) is 0 Å². The van der Waals surface area contributed by atoms with Gasteiger partial charge in [-0.3, -0.25) is 4.98 Å². The predicted molar refractivity (Wildman–Crippen MR) is 91.7 cm³/mol. The second-order valence-electron chi connectivity index (χ2n) is 5.82. The van der Waals surface area contributed by atoms with Crippen molar-refractivity contribution < 1.29 is 4.79 Å². The standard InChI is InChI=1S/C17H22N6O/c24-17(21-10-4-14-3-1-7-18-13-14)22-15-5-11-23(12-6-15)16-19-8-2-9-20-16/h1-3,7-9,13,15H,4-6,10-12H2,(H2,21,22,24). The van der Waals surface area contributed by atoms with E-state index in [9.17, 15) is 4.79 Å². The topological polar surface area (TPSA) is 83.0 Å². The number of hydrogen-bond donors (Lipinski definition) is 2. The van der Waals surface area contributed by atoms with Crippen molar-refractivity contribution in [2.75, 3.05) is 24.5 Å². The van der Waals surface area contributed by atoms with Crippen LogP contribution in [0.1, 0.15) is 18.4 Å². The van der Waals surface area contributed by atoms with E-state index >= 15 is 0 Å². The maximum absolute atomic E-state index is 12.0. The maximum atomic E-state index is 12.0. The second-order valence-corrected chi connectivity index (χ2v) is 5.82. The van der Waals surface area contributed by atoms with Gasteiger partial charge in [0.2, 0.25) is 5.95 Å². The first-order chi connectivity index (χ1) is 11.8. The number of carbonyl (C=O) groups is 1. The van der Waals surface area contributed by atoms with Crippen molar-refractivity contribution in [3.05, 3.63) is 48.5 Å².